The molecule has 4 amide bonds. The van der Waals surface area contributed by atoms with Crippen LogP contribution in [0.4, 0.5) is 4.39 Å². The molecule has 2 aromatic heterocycles. The van der Waals surface area contributed by atoms with Crippen molar-refractivity contribution in [3.8, 4) is 5.75 Å². The van der Waals surface area contributed by atoms with Gasteiger partial charge in [0.15, 0.2) is 5.75 Å². The Morgan fingerprint density at radius 1 is 0.933 bits per heavy atom. The van der Waals surface area contributed by atoms with Gasteiger partial charge in [-0.3, -0.25) is 33.9 Å². The molecule has 2 N–H and O–H groups in total. The molecule has 11 nitrogen and oxygen atoms in total. The van der Waals surface area contributed by atoms with Crippen molar-refractivity contribution in [2.45, 2.75) is 32.2 Å². The molecule has 45 heavy (non-hydrogen) atoms. The lowest BCUT2D eigenvalue weighted by atomic mass is 10.1. The number of nitrogens with one attached hydrogen (secondary N) is 1. The Kier molecular flexibility index (Phi) is 8.12. The van der Waals surface area contributed by atoms with E-state index in [0.717, 1.165) is 16.9 Å². The Morgan fingerprint density at radius 3 is 2.31 bits per heavy atom. The van der Waals surface area contributed by atoms with Gasteiger partial charge in [-0.1, -0.05) is 24.3 Å². The predicted octanol–water partition coefficient (Wildman–Crippen LogP) is 2.87. The first kappa shape index (κ1) is 29.7. The summed E-state index contributed by atoms with van der Waals surface area (Å²) >= 11 is 0. The molecule has 1 fully saturated rings. The lowest BCUT2D eigenvalue weighted by Gasteiger charge is -2.19. The van der Waals surface area contributed by atoms with Crippen LogP contribution in [0, 0.1) is 5.82 Å². The van der Waals surface area contributed by atoms with Crippen molar-refractivity contribution in [1.82, 2.24) is 24.7 Å². The summed E-state index contributed by atoms with van der Waals surface area (Å²) < 4.78 is 14.7. The molecule has 1 saturated heterocycles. The Bertz CT molecular complexity index is 1870. The van der Waals surface area contributed by atoms with E-state index in [4.69, 9.17) is 0 Å². The van der Waals surface area contributed by atoms with E-state index in [9.17, 15) is 33.5 Å². The number of pyridine rings is 2. The van der Waals surface area contributed by atoms with Crippen molar-refractivity contribution >= 4 is 34.7 Å². The van der Waals surface area contributed by atoms with Crippen LogP contribution >= 0.6 is 0 Å². The number of aromatic hydroxyl groups is 1. The van der Waals surface area contributed by atoms with Gasteiger partial charge in [-0.05, 0) is 60.7 Å². The minimum atomic E-state index is -0.815. The van der Waals surface area contributed by atoms with Crippen LogP contribution in [-0.2, 0) is 17.8 Å². The Morgan fingerprint density at radius 2 is 1.64 bits per heavy atom. The molecule has 230 valence electrons. The predicted molar refractivity (Wildman–Crippen MR) is 161 cm³/mol. The first-order valence-corrected chi connectivity index (χ1v) is 14.7. The minimum absolute atomic E-state index is 0.00682. The maximum Gasteiger partial charge on any atom is 0.267 e. The molecule has 0 atom stereocenters. The molecular formula is C33H30FN5O6. The van der Waals surface area contributed by atoms with E-state index in [-0.39, 0.29) is 53.5 Å². The van der Waals surface area contributed by atoms with Crippen molar-refractivity contribution in [2.24, 2.45) is 0 Å². The van der Waals surface area contributed by atoms with Crippen molar-refractivity contribution in [2.75, 3.05) is 26.2 Å². The second-order valence-electron chi connectivity index (χ2n) is 11.1. The Labute approximate surface area is 256 Å². The monoisotopic (exact) mass is 611 g/mol. The maximum absolute atomic E-state index is 13.9. The van der Waals surface area contributed by atoms with Crippen LogP contribution < -0.4 is 10.9 Å². The summed E-state index contributed by atoms with van der Waals surface area (Å²) in [5.41, 5.74) is 0.842. The minimum Gasteiger partial charge on any atom is -0.505 e. The highest BCUT2D eigenvalue weighted by Gasteiger charge is 2.35. The number of imide groups is 1. The quantitative estimate of drug-likeness (QED) is 0.208. The molecule has 4 aromatic rings. The second kappa shape index (κ2) is 12.3. The van der Waals surface area contributed by atoms with Crippen molar-refractivity contribution in [3.63, 3.8) is 0 Å². The molecule has 0 spiro atoms. The van der Waals surface area contributed by atoms with Crippen LogP contribution in [-0.4, -0.2) is 74.3 Å². The number of carbonyl (C=O) groups is 4. The zero-order chi connectivity index (χ0) is 31.7. The van der Waals surface area contributed by atoms with E-state index in [1.54, 1.807) is 47.4 Å². The summed E-state index contributed by atoms with van der Waals surface area (Å²) in [7, 11) is 0. The van der Waals surface area contributed by atoms with E-state index >= 15 is 0 Å². The van der Waals surface area contributed by atoms with Crippen LogP contribution in [0.25, 0.3) is 11.0 Å². The number of carbonyl (C=O) groups excluding carboxylic acids is 4. The Balaban J connectivity index is 1.31. The highest BCUT2D eigenvalue weighted by atomic mass is 19.1. The third kappa shape index (κ3) is 5.78. The van der Waals surface area contributed by atoms with Gasteiger partial charge in [0.1, 0.15) is 16.9 Å². The summed E-state index contributed by atoms with van der Waals surface area (Å²) in [5, 5.41) is 13.8. The molecule has 0 bridgehead atoms. The highest BCUT2D eigenvalue weighted by molar-refractivity contribution is 6.21. The van der Waals surface area contributed by atoms with Gasteiger partial charge >= 0.3 is 0 Å². The zero-order valence-electron chi connectivity index (χ0n) is 24.3. The van der Waals surface area contributed by atoms with E-state index in [1.165, 1.54) is 22.9 Å². The smallest absolute Gasteiger partial charge is 0.267 e. The molecule has 2 aromatic carbocycles. The second-order valence-corrected chi connectivity index (χ2v) is 11.1. The largest absolute Gasteiger partial charge is 0.505 e. The summed E-state index contributed by atoms with van der Waals surface area (Å²) in [6.07, 6.45) is 3.62. The molecule has 12 heteroatoms. The van der Waals surface area contributed by atoms with Crippen LogP contribution in [0.1, 0.15) is 61.5 Å². The number of hydrogen-bond donors (Lipinski definition) is 2. The van der Waals surface area contributed by atoms with Crippen molar-refractivity contribution < 1.29 is 28.7 Å². The highest BCUT2D eigenvalue weighted by Crippen LogP contribution is 2.27. The number of benzene rings is 2. The molecule has 6 rings (SSSR count). The fourth-order valence-electron chi connectivity index (χ4n) is 5.85. The van der Waals surface area contributed by atoms with E-state index in [1.807, 2.05) is 0 Å². The number of amides is 4. The number of fused-ring (bicyclic) bond motifs is 2. The molecule has 4 heterocycles. The van der Waals surface area contributed by atoms with Gasteiger partial charge in [0.05, 0.1) is 16.6 Å². The van der Waals surface area contributed by atoms with E-state index in [2.05, 4.69) is 10.3 Å². The average Bonchev–Trinajstić information content (AvgIpc) is 3.55. The van der Waals surface area contributed by atoms with Crippen LogP contribution in [0.15, 0.2) is 65.6 Å². The van der Waals surface area contributed by atoms with Crippen LogP contribution in [0.5, 0.6) is 5.75 Å². The van der Waals surface area contributed by atoms with E-state index in [0.29, 0.717) is 37.9 Å². The first-order valence-electron chi connectivity index (χ1n) is 14.7. The molecule has 0 aliphatic carbocycles. The maximum atomic E-state index is 13.9. The van der Waals surface area contributed by atoms with Gasteiger partial charge in [-0.2, -0.15) is 0 Å². The summed E-state index contributed by atoms with van der Waals surface area (Å²) in [6, 6.07) is 14.0. The number of halogens is 1. The molecule has 2 aliphatic rings. The first-order chi connectivity index (χ1) is 21.7. The fraction of sp³-hybridized carbons (Fsp3) is 0.273. The lowest BCUT2D eigenvalue weighted by Crippen LogP contribution is -2.38. The molecule has 2 aliphatic heterocycles. The summed E-state index contributed by atoms with van der Waals surface area (Å²) in [4.78, 5) is 72.1. The van der Waals surface area contributed by atoms with Crippen molar-refractivity contribution in [1.29, 1.82) is 0 Å². The molecule has 0 saturated carbocycles. The van der Waals surface area contributed by atoms with Gasteiger partial charge in [0.2, 0.25) is 5.91 Å². The molecule has 0 unspecified atom stereocenters. The summed E-state index contributed by atoms with van der Waals surface area (Å²) in [5.74, 6) is -2.68. The number of hydrogen-bond acceptors (Lipinski definition) is 7. The lowest BCUT2D eigenvalue weighted by molar-refractivity contribution is -0.127. The van der Waals surface area contributed by atoms with Gasteiger partial charge in [0.25, 0.3) is 23.3 Å². The summed E-state index contributed by atoms with van der Waals surface area (Å²) in [6.45, 7) is 0.967. The third-order valence-electron chi connectivity index (χ3n) is 8.17. The number of nitrogens with zero attached hydrogens (tertiary/aromatic N) is 4. The standard InChI is InChI=1S/C33H30FN5O6/c34-22-10-8-20(9-11-22)17-21-18-25-28(36-19-21)29(41)27(30(42)35-12-4-14-37-13-3-7-26(37)40)33(45)38(25)15-16-39-31(43)23-5-1-2-6-24(23)32(39)44/h1-2,5-6,8-11,18-19,41H,3-4,7,12-17H2,(H,35,42). The number of rotatable bonds is 10. The SMILES string of the molecule is O=C(NCCCN1CCCC1=O)c1c(O)c2ncc(Cc3ccc(F)cc3)cc2n(CCN2C(=O)c3ccccc3C2=O)c1=O. The van der Waals surface area contributed by atoms with Gasteiger partial charge < -0.3 is 19.9 Å². The normalized spacial score (nSPS) is 14.5. The average molecular weight is 612 g/mol. The van der Waals surface area contributed by atoms with Crippen LogP contribution in [0.2, 0.25) is 0 Å². The molecular weight excluding hydrogens is 581 g/mol. The van der Waals surface area contributed by atoms with Crippen LogP contribution in [0.3, 0.4) is 0 Å². The van der Waals surface area contributed by atoms with E-state index < -0.39 is 34.6 Å². The van der Waals surface area contributed by atoms with Gasteiger partial charge in [-0.25, -0.2) is 4.39 Å². The number of aromatic nitrogens is 2. The topological polar surface area (TPSA) is 142 Å². The fourth-order valence-corrected chi connectivity index (χ4v) is 5.85. The Hall–Kier alpha value is -5.39. The third-order valence-corrected chi connectivity index (χ3v) is 8.17. The van der Waals surface area contributed by atoms with Gasteiger partial charge in [0, 0.05) is 45.3 Å². The zero-order valence-corrected chi connectivity index (χ0v) is 24.3. The van der Waals surface area contributed by atoms with Crippen molar-refractivity contribution in [3.05, 3.63) is 105 Å². The number of likely N-dealkylation sites (tertiary alicyclic amines) is 1. The molecule has 0 radical (unpaired) electrons. The van der Waals surface area contributed by atoms with Gasteiger partial charge in [-0.15, -0.1) is 0 Å².